The van der Waals surface area contributed by atoms with E-state index in [2.05, 4.69) is 49.9 Å². The normalized spacial score (nSPS) is 22.1. The van der Waals surface area contributed by atoms with Crippen molar-refractivity contribution >= 4 is 0 Å². The summed E-state index contributed by atoms with van der Waals surface area (Å²) in [4.78, 5) is 2.44. The van der Waals surface area contributed by atoms with Crippen molar-refractivity contribution in [3.8, 4) is 0 Å². The van der Waals surface area contributed by atoms with E-state index in [1.807, 2.05) is 0 Å². The molecule has 2 N–H and O–H groups in total. The summed E-state index contributed by atoms with van der Waals surface area (Å²) in [6, 6.07) is 9.23. The van der Waals surface area contributed by atoms with E-state index in [1.165, 1.54) is 17.5 Å². The molecule has 1 saturated heterocycles. The maximum atomic E-state index is 6.40. The van der Waals surface area contributed by atoms with Crippen LogP contribution in [0.15, 0.2) is 24.3 Å². The molecule has 2 rings (SSSR count). The Morgan fingerprint density at radius 1 is 1.30 bits per heavy atom. The Labute approximate surface area is 123 Å². The van der Waals surface area contributed by atoms with E-state index in [0.29, 0.717) is 6.04 Å². The molecule has 1 aliphatic heterocycles. The standard InChI is InChI=1S/C17H28N2O/c1-4-5-14-6-8-15(9-7-14)17(18)16-12-19(13(2)3)10-11-20-16/h6-9,13,16-17H,4-5,10-12,18H2,1-3H3. The van der Waals surface area contributed by atoms with Gasteiger partial charge in [0.1, 0.15) is 0 Å². The first-order valence-corrected chi connectivity index (χ1v) is 7.82. The second-order valence-corrected chi connectivity index (χ2v) is 6.02. The number of nitrogens with two attached hydrogens (primary N) is 1. The molecule has 1 heterocycles. The van der Waals surface area contributed by atoms with Crippen LogP contribution in [0, 0.1) is 0 Å². The minimum atomic E-state index is -0.0350. The fourth-order valence-electron chi connectivity index (χ4n) is 2.79. The van der Waals surface area contributed by atoms with E-state index < -0.39 is 0 Å². The second kappa shape index (κ2) is 7.21. The lowest BCUT2D eigenvalue weighted by atomic mass is 9.98. The van der Waals surface area contributed by atoms with Crippen molar-refractivity contribution in [1.82, 2.24) is 4.90 Å². The Morgan fingerprint density at radius 2 is 2.00 bits per heavy atom. The lowest BCUT2D eigenvalue weighted by Crippen LogP contribution is -2.49. The summed E-state index contributed by atoms with van der Waals surface area (Å²) in [5.41, 5.74) is 8.97. The minimum absolute atomic E-state index is 0.0350. The van der Waals surface area contributed by atoms with Gasteiger partial charge in [0, 0.05) is 19.1 Å². The van der Waals surface area contributed by atoms with Gasteiger partial charge in [0.2, 0.25) is 0 Å². The van der Waals surface area contributed by atoms with Crippen LogP contribution in [-0.2, 0) is 11.2 Å². The zero-order valence-corrected chi connectivity index (χ0v) is 13.0. The van der Waals surface area contributed by atoms with Gasteiger partial charge >= 0.3 is 0 Å². The maximum Gasteiger partial charge on any atom is 0.0894 e. The molecular formula is C17H28N2O. The molecule has 2 unspecified atom stereocenters. The first-order chi connectivity index (χ1) is 9.61. The van der Waals surface area contributed by atoms with E-state index in [0.717, 1.165) is 26.1 Å². The molecule has 0 saturated carbocycles. The van der Waals surface area contributed by atoms with Crippen LogP contribution in [-0.4, -0.2) is 36.7 Å². The van der Waals surface area contributed by atoms with Gasteiger partial charge in [-0.25, -0.2) is 0 Å². The Kier molecular flexibility index (Phi) is 5.58. The third kappa shape index (κ3) is 3.81. The Bertz CT molecular complexity index is 402. The molecule has 0 amide bonds. The molecule has 3 heteroatoms. The van der Waals surface area contributed by atoms with E-state index in [4.69, 9.17) is 10.5 Å². The summed E-state index contributed by atoms with van der Waals surface area (Å²) in [5.74, 6) is 0. The van der Waals surface area contributed by atoms with Crippen molar-refractivity contribution < 1.29 is 4.74 Å². The van der Waals surface area contributed by atoms with Gasteiger partial charge in [-0.05, 0) is 31.4 Å². The monoisotopic (exact) mass is 276 g/mol. The Hall–Kier alpha value is -0.900. The molecule has 112 valence electrons. The molecule has 0 aliphatic carbocycles. The number of morpholine rings is 1. The number of nitrogens with zero attached hydrogens (tertiary/aromatic N) is 1. The van der Waals surface area contributed by atoms with Crippen LogP contribution in [0.5, 0.6) is 0 Å². The number of hydrogen-bond donors (Lipinski definition) is 1. The first kappa shape index (κ1) is 15.5. The number of ether oxygens (including phenoxy) is 1. The fraction of sp³-hybridized carbons (Fsp3) is 0.647. The van der Waals surface area contributed by atoms with E-state index in [-0.39, 0.29) is 12.1 Å². The van der Waals surface area contributed by atoms with E-state index >= 15 is 0 Å². The summed E-state index contributed by atoms with van der Waals surface area (Å²) in [6.07, 6.45) is 2.42. The first-order valence-electron chi connectivity index (χ1n) is 7.82. The smallest absolute Gasteiger partial charge is 0.0894 e. The van der Waals surface area contributed by atoms with Gasteiger partial charge in [-0.3, -0.25) is 4.90 Å². The van der Waals surface area contributed by atoms with Crippen LogP contribution < -0.4 is 5.73 Å². The molecule has 20 heavy (non-hydrogen) atoms. The van der Waals surface area contributed by atoms with Crippen LogP contribution in [0.4, 0.5) is 0 Å². The SMILES string of the molecule is CCCc1ccc(C(N)C2CN(C(C)C)CCO2)cc1. The fourth-order valence-corrected chi connectivity index (χ4v) is 2.79. The Balaban J connectivity index is 2.00. The largest absolute Gasteiger partial charge is 0.374 e. The topological polar surface area (TPSA) is 38.5 Å². The van der Waals surface area contributed by atoms with Gasteiger partial charge in [0.25, 0.3) is 0 Å². The second-order valence-electron chi connectivity index (χ2n) is 6.02. The summed E-state index contributed by atoms with van der Waals surface area (Å²) >= 11 is 0. The maximum absolute atomic E-state index is 6.40. The Morgan fingerprint density at radius 3 is 2.60 bits per heavy atom. The van der Waals surface area contributed by atoms with Gasteiger partial charge in [0.05, 0.1) is 18.8 Å². The average molecular weight is 276 g/mol. The molecule has 1 aromatic carbocycles. The molecule has 1 aromatic rings. The highest BCUT2D eigenvalue weighted by atomic mass is 16.5. The number of aryl methyl sites for hydroxylation is 1. The van der Waals surface area contributed by atoms with Crippen LogP contribution >= 0.6 is 0 Å². The minimum Gasteiger partial charge on any atom is -0.374 e. The van der Waals surface area contributed by atoms with Crippen LogP contribution in [0.1, 0.15) is 44.4 Å². The molecule has 0 radical (unpaired) electrons. The predicted molar refractivity (Wildman–Crippen MR) is 83.8 cm³/mol. The molecule has 0 bridgehead atoms. The summed E-state index contributed by atoms with van der Waals surface area (Å²) < 4.78 is 5.89. The van der Waals surface area contributed by atoms with Crippen molar-refractivity contribution in [2.24, 2.45) is 5.73 Å². The molecule has 1 aliphatic rings. The van der Waals surface area contributed by atoms with E-state index in [9.17, 15) is 0 Å². The van der Waals surface area contributed by atoms with Crippen molar-refractivity contribution in [3.05, 3.63) is 35.4 Å². The third-order valence-electron chi connectivity index (χ3n) is 4.16. The van der Waals surface area contributed by atoms with Crippen LogP contribution in [0.2, 0.25) is 0 Å². The lowest BCUT2D eigenvalue weighted by Gasteiger charge is -2.38. The van der Waals surface area contributed by atoms with Gasteiger partial charge in [-0.2, -0.15) is 0 Å². The summed E-state index contributed by atoms with van der Waals surface area (Å²) in [5, 5.41) is 0. The van der Waals surface area contributed by atoms with Crippen molar-refractivity contribution in [2.75, 3.05) is 19.7 Å². The van der Waals surface area contributed by atoms with E-state index in [1.54, 1.807) is 0 Å². The zero-order valence-electron chi connectivity index (χ0n) is 13.0. The third-order valence-corrected chi connectivity index (χ3v) is 4.16. The predicted octanol–water partition coefficient (Wildman–Crippen LogP) is 2.75. The zero-order chi connectivity index (χ0) is 14.5. The molecule has 3 nitrogen and oxygen atoms in total. The van der Waals surface area contributed by atoms with Crippen molar-refractivity contribution in [1.29, 1.82) is 0 Å². The molecule has 2 atom stereocenters. The number of benzene rings is 1. The molecular weight excluding hydrogens is 248 g/mol. The number of hydrogen-bond acceptors (Lipinski definition) is 3. The summed E-state index contributed by atoms with van der Waals surface area (Å²) in [6.45, 7) is 9.38. The lowest BCUT2D eigenvalue weighted by molar-refractivity contribution is -0.0502. The molecule has 0 spiro atoms. The average Bonchev–Trinajstić information content (AvgIpc) is 2.48. The van der Waals surface area contributed by atoms with Gasteiger partial charge in [-0.15, -0.1) is 0 Å². The van der Waals surface area contributed by atoms with Gasteiger partial charge in [-0.1, -0.05) is 37.6 Å². The molecule has 0 aromatic heterocycles. The highest BCUT2D eigenvalue weighted by Gasteiger charge is 2.27. The summed E-state index contributed by atoms with van der Waals surface area (Å²) in [7, 11) is 0. The number of rotatable bonds is 5. The van der Waals surface area contributed by atoms with Crippen molar-refractivity contribution in [2.45, 2.75) is 51.8 Å². The quantitative estimate of drug-likeness (QED) is 0.898. The van der Waals surface area contributed by atoms with Crippen molar-refractivity contribution in [3.63, 3.8) is 0 Å². The highest BCUT2D eigenvalue weighted by molar-refractivity contribution is 5.26. The van der Waals surface area contributed by atoms with Crippen LogP contribution in [0.25, 0.3) is 0 Å². The molecule has 1 fully saturated rings. The van der Waals surface area contributed by atoms with Crippen LogP contribution in [0.3, 0.4) is 0 Å². The van der Waals surface area contributed by atoms with Gasteiger partial charge in [0.15, 0.2) is 0 Å². The highest BCUT2D eigenvalue weighted by Crippen LogP contribution is 2.22. The van der Waals surface area contributed by atoms with Gasteiger partial charge < -0.3 is 10.5 Å².